The zero-order valence-corrected chi connectivity index (χ0v) is 34.3. The van der Waals surface area contributed by atoms with Crippen molar-refractivity contribution in [2.24, 2.45) is 0 Å². The van der Waals surface area contributed by atoms with Crippen molar-refractivity contribution < 1.29 is 16.8 Å². The largest absolute Gasteiger partial charge is 0.310 e. The number of nitrogens with zero attached hydrogens (tertiary/aromatic N) is 1. The fourth-order valence-corrected chi connectivity index (χ4v) is 10.4. The van der Waals surface area contributed by atoms with Gasteiger partial charge in [-0.05, 0) is 117 Å². The van der Waals surface area contributed by atoms with E-state index in [1.54, 1.807) is 48.5 Å². The molecular formula is C36H39Br2Cl3N2O4S2. The first-order valence-electron chi connectivity index (χ1n) is 15.9. The van der Waals surface area contributed by atoms with Crippen LogP contribution >= 0.6 is 65.7 Å². The van der Waals surface area contributed by atoms with Gasteiger partial charge in [-0.2, -0.15) is 4.31 Å². The second kappa shape index (κ2) is 18.3. The summed E-state index contributed by atoms with van der Waals surface area (Å²) < 4.78 is 52.2. The molecule has 49 heavy (non-hydrogen) atoms. The van der Waals surface area contributed by atoms with Gasteiger partial charge in [0.05, 0.1) is 15.8 Å². The molecule has 2 aliphatic heterocycles. The summed E-state index contributed by atoms with van der Waals surface area (Å²) in [4.78, 5) is 0.369. The Hall–Kier alpha value is -1.47. The summed E-state index contributed by atoms with van der Waals surface area (Å²) in [5, 5.41) is 4.42. The lowest BCUT2D eigenvalue weighted by Gasteiger charge is -2.35. The lowest BCUT2D eigenvalue weighted by Crippen LogP contribution is -2.38. The predicted octanol–water partition coefficient (Wildman–Crippen LogP) is 11.2. The average Bonchev–Trinajstić information content (AvgIpc) is 3.07. The zero-order chi connectivity index (χ0) is 35.8. The van der Waals surface area contributed by atoms with E-state index in [1.165, 1.54) is 35.4 Å². The van der Waals surface area contributed by atoms with E-state index in [0.717, 1.165) is 35.8 Å². The molecule has 13 heteroatoms. The number of benzene rings is 4. The van der Waals surface area contributed by atoms with E-state index in [2.05, 4.69) is 61.4 Å². The second-order valence-corrected chi connectivity index (χ2v) is 18.9. The highest BCUT2D eigenvalue weighted by molar-refractivity contribution is 9.10. The molecule has 1 N–H and O–H groups in total. The highest BCUT2D eigenvalue weighted by Crippen LogP contribution is 2.37. The molecule has 0 amide bonds. The number of rotatable bonds is 5. The van der Waals surface area contributed by atoms with Crippen LogP contribution in [0.2, 0.25) is 10.0 Å². The van der Waals surface area contributed by atoms with Crippen LogP contribution in [0.1, 0.15) is 72.9 Å². The standard InChI is InChI=1S/C18H19BrClNO2S.C11H14BrN.C7H6Cl2O2S/c1-13-16(20)8-5-10-18(13)24(22,23)21-11-3-2-9-17(21)14-6-4-7-15(19)12-14;12-10-5-3-4-9(8-10)11-6-1-2-7-13-11;1-5-6(8)3-2-4-7(5)12(9,10)11/h4-8,10,12,17H,2-3,9,11H2,1H3;3-5,8,11,13H,1-2,6-7H2;2-4H,1H3. The first kappa shape index (κ1) is 40.3. The minimum absolute atomic E-state index is 0.0664. The zero-order valence-electron chi connectivity index (χ0n) is 27.2. The van der Waals surface area contributed by atoms with Gasteiger partial charge < -0.3 is 5.32 Å². The maximum atomic E-state index is 13.3. The topological polar surface area (TPSA) is 83.5 Å². The normalized spacial score (nSPS) is 18.4. The SMILES string of the molecule is Brc1cccc(C2CCCCN2)c1.Cc1c(Cl)cccc1S(=O)(=O)Cl.Cc1c(Cl)cccc1S(=O)(=O)N1CCCCC1c1cccc(Br)c1. The van der Waals surface area contributed by atoms with Gasteiger partial charge in [-0.25, -0.2) is 16.8 Å². The average molecular weight is 894 g/mol. The van der Waals surface area contributed by atoms with Gasteiger partial charge in [0, 0.05) is 42.3 Å². The van der Waals surface area contributed by atoms with Crippen LogP contribution in [0.15, 0.2) is 104 Å². The van der Waals surface area contributed by atoms with Crippen molar-refractivity contribution in [1.82, 2.24) is 9.62 Å². The number of hydrogen-bond acceptors (Lipinski definition) is 5. The molecule has 2 saturated heterocycles. The van der Waals surface area contributed by atoms with Crippen molar-refractivity contribution in [2.75, 3.05) is 13.1 Å². The molecule has 2 fully saturated rings. The van der Waals surface area contributed by atoms with Crippen LogP contribution in [-0.4, -0.2) is 34.2 Å². The molecule has 0 radical (unpaired) electrons. The van der Waals surface area contributed by atoms with E-state index >= 15 is 0 Å². The van der Waals surface area contributed by atoms with E-state index in [0.29, 0.717) is 38.7 Å². The van der Waals surface area contributed by atoms with E-state index in [4.69, 9.17) is 33.9 Å². The van der Waals surface area contributed by atoms with Gasteiger partial charge in [-0.15, -0.1) is 0 Å². The molecule has 0 saturated carbocycles. The Morgan fingerprint density at radius 2 is 1.22 bits per heavy atom. The first-order valence-corrected chi connectivity index (χ1v) is 22.0. The molecule has 0 aromatic heterocycles. The Kier molecular flexibility index (Phi) is 15.1. The fraction of sp³-hybridized carbons (Fsp3) is 0.333. The van der Waals surface area contributed by atoms with Gasteiger partial charge in [0.1, 0.15) is 0 Å². The Balaban J connectivity index is 0.000000182. The highest BCUT2D eigenvalue weighted by atomic mass is 79.9. The van der Waals surface area contributed by atoms with Crippen LogP contribution in [0.4, 0.5) is 0 Å². The summed E-state index contributed by atoms with van der Waals surface area (Å²) in [5.74, 6) is 0. The second-order valence-electron chi connectivity index (χ2n) is 11.9. The molecule has 0 aliphatic carbocycles. The third-order valence-corrected chi connectivity index (χ3v) is 13.9. The van der Waals surface area contributed by atoms with Crippen molar-refractivity contribution in [1.29, 1.82) is 0 Å². The summed E-state index contributed by atoms with van der Waals surface area (Å²) in [7, 11) is -2.11. The number of piperidine rings is 2. The molecule has 4 aromatic carbocycles. The summed E-state index contributed by atoms with van der Waals surface area (Å²) in [6.07, 6.45) is 6.68. The molecule has 6 rings (SSSR count). The van der Waals surface area contributed by atoms with Crippen molar-refractivity contribution >= 4 is 84.8 Å². The molecule has 0 spiro atoms. The Morgan fingerprint density at radius 3 is 1.78 bits per heavy atom. The number of nitrogens with one attached hydrogen (secondary N) is 1. The van der Waals surface area contributed by atoms with Crippen LogP contribution in [0, 0.1) is 13.8 Å². The van der Waals surface area contributed by atoms with E-state index in [9.17, 15) is 16.8 Å². The van der Waals surface area contributed by atoms with Crippen LogP contribution in [0.5, 0.6) is 0 Å². The number of hydrogen-bond donors (Lipinski definition) is 1. The van der Waals surface area contributed by atoms with Crippen LogP contribution in [0.3, 0.4) is 0 Å². The predicted molar refractivity (Wildman–Crippen MR) is 209 cm³/mol. The third-order valence-electron chi connectivity index (χ3n) is 8.53. The molecular weight excluding hydrogens is 855 g/mol. The Bertz CT molecular complexity index is 1960. The van der Waals surface area contributed by atoms with Gasteiger partial charge in [-0.1, -0.05) is 104 Å². The minimum atomic E-state index is -3.67. The fourth-order valence-electron chi connectivity index (χ4n) is 5.94. The van der Waals surface area contributed by atoms with E-state index < -0.39 is 19.1 Å². The van der Waals surface area contributed by atoms with Crippen molar-refractivity contribution in [3.8, 4) is 0 Å². The molecule has 264 valence electrons. The quantitative estimate of drug-likeness (QED) is 0.202. The first-order chi connectivity index (χ1) is 23.2. The summed E-state index contributed by atoms with van der Waals surface area (Å²) in [5.41, 5.74) is 3.52. The third kappa shape index (κ3) is 11.0. The van der Waals surface area contributed by atoms with E-state index in [1.807, 2.05) is 24.3 Å². The van der Waals surface area contributed by atoms with Gasteiger partial charge in [0.15, 0.2) is 0 Å². The van der Waals surface area contributed by atoms with Crippen LogP contribution in [0.25, 0.3) is 0 Å². The Labute approximate surface area is 322 Å². The van der Waals surface area contributed by atoms with Gasteiger partial charge in [0.25, 0.3) is 9.05 Å². The van der Waals surface area contributed by atoms with Gasteiger partial charge in [-0.3, -0.25) is 0 Å². The summed E-state index contributed by atoms with van der Waals surface area (Å²) in [6.45, 7) is 5.06. The van der Waals surface area contributed by atoms with E-state index in [-0.39, 0.29) is 10.9 Å². The molecule has 6 nitrogen and oxygen atoms in total. The molecule has 2 heterocycles. The molecule has 4 aromatic rings. The monoisotopic (exact) mass is 890 g/mol. The van der Waals surface area contributed by atoms with Crippen molar-refractivity contribution in [3.05, 3.63) is 126 Å². The maximum Gasteiger partial charge on any atom is 0.261 e. The number of sulfonamides is 1. The minimum Gasteiger partial charge on any atom is -0.310 e. The molecule has 2 aliphatic rings. The van der Waals surface area contributed by atoms with Crippen molar-refractivity contribution in [2.45, 2.75) is 74.2 Å². The van der Waals surface area contributed by atoms with Crippen LogP contribution < -0.4 is 5.32 Å². The highest BCUT2D eigenvalue weighted by Gasteiger charge is 2.35. The van der Waals surface area contributed by atoms with Gasteiger partial charge >= 0.3 is 0 Å². The molecule has 2 unspecified atom stereocenters. The Morgan fingerprint density at radius 1 is 0.694 bits per heavy atom. The lowest BCUT2D eigenvalue weighted by molar-refractivity contribution is 0.256. The summed E-state index contributed by atoms with van der Waals surface area (Å²) in [6, 6.07) is 26.6. The lowest BCUT2D eigenvalue weighted by atomic mass is 9.98. The number of halogens is 5. The maximum absolute atomic E-state index is 13.3. The van der Waals surface area contributed by atoms with Crippen molar-refractivity contribution in [3.63, 3.8) is 0 Å². The van der Waals surface area contributed by atoms with Gasteiger partial charge in [0.2, 0.25) is 10.0 Å². The molecule has 2 atom stereocenters. The summed E-state index contributed by atoms with van der Waals surface area (Å²) >= 11 is 18.8. The van der Waals surface area contributed by atoms with Crippen LogP contribution in [-0.2, 0) is 19.1 Å². The smallest absolute Gasteiger partial charge is 0.261 e. The molecule has 0 bridgehead atoms.